The van der Waals surface area contributed by atoms with Crippen molar-refractivity contribution < 1.29 is 14.3 Å². The second-order valence-corrected chi connectivity index (χ2v) is 5.24. The molecule has 19 heavy (non-hydrogen) atoms. The molecule has 0 saturated carbocycles. The van der Waals surface area contributed by atoms with Crippen LogP contribution in [0.2, 0.25) is 0 Å². The summed E-state index contributed by atoms with van der Waals surface area (Å²) >= 11 is 0. The minimum atomic E-state index is 0.0863. The topological polar surface area (TPSA) is 61.9 Å². The van der Waals surface area contributed by atoms with E-state index in [2.05, 4.69) is 10.2 Å². The van der Waals surface area contributed by atoms with Gasteiger partial charge in [-0.15, -0.1) is 0 Å². The highest BCUT2D eigenvalue weighted by atomic mass is 16.5. The van der Waals surface area contributed by atoms with Gasteiger partial charge < -0.3 is 15.0 Å². The Hall–Kier alpha value is -1.14. The van der Waals surface area contributed by atoms with Gasteiger partial charge in [0, 0.05) is 39.1 Å². The van der Waals surface area contributed by atoms with Crippen molar-refractivity contribution in [2.75, 3.05) is 45.9 Å². The summed E-state index contributed by atoms with van der Waals surface area (Å²) in [6.07, 6.45) is 1.71. The number of carbonyl (C=O) groups excluding carboxylic acids is 2. The van der Waals surface area contributed by atoms with Crippen molar-refractivity contribution in [1.29, 1.82) is 0 Å². The normalized spacial score (nSPS) is 22.3. The molecule has 2 saturated heterocycles. The summed E-state index contributed by atoms with van der Waals surface area (Å²) < 4.78 is 5.25. The van der Waals surface area contributed by atoms with Crippen molar-refractivity contribution in [3.63, 3.8) is 0 Å². The summed E-state index contributed by atoms with van der Waals surface area (Å²) in [7, 11) is 0. The smallest absolute Gasteiger partial charge is 0.234 e. The molecule has 0 atom stereocenters. The molecule has 0 bridgehead atoms. The number of nitrogens with zero attached hydrogens (tertiary/aromatic N) is 2. The van der Waals surface area contributed by atoms with Crippen molar-refractivity contribution in [3.05, 3.63) is 0 Å². The second kappa shape index (κ2) is 6.86. The Morgan fingerprint density at radius 1 is 1.16 bits per heavy atom. The van der Waals surface area contributed by atoms with Crippen LogP contribution in [0.5, 0.6) is 0 Å². The standard InChI is InChI=1S/C13H23N3O3/c1-11(17)16-4-2-12(3-5-16)14-13(18)10-15-6-8-19-9-7-15/h12H,2-10H2,1H3,(H,14,18). The molecule has 0 aromatic carbocycles. The molecule has 108 valence electrons. The second-order valence-electron chi connectivity index (χ2n) is 5.24. The Bertz CT molecular complexity index is 321. The Morgan fingerprint density at radius 3 is 2.37 bits per heavy atom. The van der Waals surface area contributed by atoms with Gasteiger partial charge in [0.1, 0.15) is 0 Å². The average molecular weight is 269 g/mol. The van der Waals surface area contributed by atoms with Crippen LogP contribution in [0.1, 0.15) is 19.8 Å². The quantitative estimate of drug-likeness (QED) is 0.746. The predicted molar refractivity (Wildman–Crippen MR) is 70.7 cm³/mol. The van der Waals surface area contributed by atoms with E-state index in [-0.39, 0.29) is 17.9 Å². The van der Waals surface area contributed by atoms with Gasteiger partial charge in [-0.05, 0) is 12.8 Å². The number of carbonyl (C=O) groups is 2. The number of rotatable bonds is 3. The van der Waals surface area contributed by atoms with E-state index in [9.17, 15) is 9.59 Å². The van der Waals surface area contributed by atoms with Crippen molar-refractivity contribution >= 4 is 11.8 Å². The molecule has 0 radical (unpaired) electrons. The van der Waals surface area contributed by atoms with Gasteiger partial charge in [-0.3, -0.25) is 14.5 Å². The molecule has 0 aliphatic carbocycles. The van der Waals surface area contributed by atoms with Gasteiger partial charge in [-0.1, -0.05) is 0 Å². The summed E-state index contributed by atoms with van der Waals surface area (Å²) in [6.45, 7) is 6.63. The molecule has 2 heterocycles. The largest absolute Gasteiger partial charge is 0.379 e. The molecule has 2 aliphatic heterocycles. The fraction of sp³-hybridized carbons (Fsp3) is 0.846. The van der Waals surface area contributed by atoms with Gasteiger partial charge in [0.25, 0.3) is 0 Å². The fourth-order valence-corrected chi connectivity index (χ4v) is 2.57. The maximum absolute atomic E-state index is 11.9. The monoisotopic (exact) mass is 269 g/mol. The van der Waals surface area contributed by atoms with Gasteiger partial charge in [0.15, 0.2) is 0 Å². The minimum absolute atomic E-state index is 0.0863. The van der Waals surface area contributed by atoms with Crippen molar-refractivity contribution in [2.24, 2.45) is 0 Å². The average Bonchev–Trinajstić information content (AvgIpc) is 2.40. The molecule has 0 aromatic rings. The summed E-state index contributed by atoms with van der Waals surface area (Å²) in [6, 6.07) is 0.212. The number of likely N-dealkylation sites (tertiary alicyclic amines) is 1. The Kier molecular flexibility index (Phi) is 5.15. The number of amides is 2. The maximum Gasteiger partial charge on any atom is 0.234 e. The molecule has 2 fully saturated rings. The molecule has 2 rings (SSSR count). The molecule has 2 aliphatic rings. The van der Waals surface area contributed by atoms with Crippen LogP contribution in [0.3, 0.4) is 0 Å². The number of morpholine rings is 1. The number of ether oxygens (including phenoxy) is 1. The van der Waals surface area contributed by atoms with Gasteiger partial charge in [0.2, 0.25) is 11.8 Å². The van der Waals surface area contributed by atoms with E-state index in [1.54, 1.807) is 6.92 Å². The van der Waals surface area contributed by atoms with Crippen molar-refractivity contribution in [2.45, 2.75) is 25.8 Å². The Labute approximate surface area is 114 Å². The number of hydrogen-bond acceptors (Lipinski definition) is 4. The first-order valence-corrected chi connectivity index (χ1v) is 7.00. The third-order valence-electron chi connectivity index (χ3n) is 3.78. The molecule has 0 aromatic heterocycles. The zero-order valence-corrected chi connectivity index (χ0v) is 11.6. The van der Waals surface area contributed by atoms with Crippen LogP contribution >= 0.6 is 0 Å². The lowest BCUT2D eigenvalue weighted by Gasteiger charge is -2.32. The highest BCUT2D eigenvalue weighted by molar-refractivity contribution is 5.78. The zero-order chi connectivity index (χ0) is 13.7. The van der Waals surface area contributed by atoms with Crippen molar-refractivity contribution in [1.82, 2.24) is 15.1 Å². The lowest BCUT2D eigenvalue weighted by molar-refractivity contribution is -0.130. The van der Waals surface area contributed by atoms with E-state index in [0.717, 1.165) is 39.0 Å². The number of hydrogen-bond donors (Lipinski definition) is 1. The Morgan fingerprint density at radius 2 is 1.79 bits per heavy atom. The highest BCUT2D eigenvalue weighted by Crippen LogP contribution is 2.10. The van der Waals surface area contributed by atoms with Gasteiger partial charge in [-0.2, -0.15) is 0 Å². The lowest BCUT2D eigenvalue weighted by Crippen LogP contribution is -2.49. The molecule has 6 nitrogen and oxygen atoms in total. The van der Waals surface area contributed by atoms with Crippen LogP contribution in [0.15, 0.2) is 0 Å². The molecule has 1 N–H and O–H groups in total. The first kappa shape index (κ1) is 14.3. The molecule has 6 heteroatoms. The van der Waals surface area contributed by atoms with E-state index in [1.165, 1.54) is 0 Å². The van der Waals surface area contributed by atoms with Gasteiger partial charge in [-0.25, -0.2) is 0 Å². The van der Waals surface area contributed by atoms with E-state index >= 15 is 0 Å². The first-order valence-electron chi connectivity index (χ1n) is 7.00. The SMILES string of the molecule is CC(=O)N1CCC(NC(=O)CN2CCOCC2)CC1. The fourth-order valence-electron chi connectivity index (χ4n) is 2.57. The predicted octanol–water partition coefficient (Wildman–Crippen LogP) is -0.554. The van der Waals surface area contributed by atoms with Crippen LogP contribution in [-0.4, -0.2) is 73.6 Å². The van der Waals surface area contributed by atoms with E-state index in [0.29, 0.717) is 19.8 Å². The minimum Gasteiger partial charge on any atom is -0.379 e. The summed E-state index contributed by atoms with van der Waals surface area (Å²) in [5.74, 6) is 0.210. The van der Waals surface area contributed by atoms with Crippen LogP contribution in [-0.2, 0) is 14.3 Å². The van der Waals surface area contributed by atoms with Crippen LogP contribution in [0.25, 0.3) is 0 Å². The van der Waals surface area contributed by atoms with Gasteiger partial charge in [0.05, 0.1) is 19.8 Å². The lowest BCUT2D eigenvalue weighted by atomic mass is 10.1. The number of nitrogens with one attached hydrogen (secondary N) is 1. The van der Waals surface area contributed by atoms with Gasteiger partial charge >= 0.3 is 0 Å². The number of piperidine rings is 1. The molecular formula is C13H23N3O3. The zero-order valence-electron chi connectivity index (χ0n) is 11.6. The highest BCUT2D eigenvalue weighted by Gasteiger charge is 2.22. The van der Waals surface area contributed by atoms with Crippen molar-refractivity contribution in [3.8, 4) is 0 Å². The van der Waals surface area contributed by atoms with Crippen LogP contribution in [0.4, 0.5) is 0 Å². The first-order chi connectivity index (χ1) is 9.15. The summed E-state index contributed by atoms with van der Waals surface area (Å²) in [5, 5.41) is 3.07. The molecule has 0 unspecified atom stereocenters. The Balaban J connectivity index is 1.67. The molecule has 2 amide bonds. The maximum atomic E-state index is 11.9. The summed E-state index contributed by atoms with van der Waals surface area (Å²) in [4.78, 5) is 27.1. The van der Waals surface area contributed by atoms with Crippen LogP contribution < -0.4 is 5.32 Å². The molecule has 0 spiro atoms. The van der Waals surface area contributed by atoms with E-state index < -0.39 is 0 Å². The van der Waals surface area contributed by atoms with E-state index in [1.807, 2.05) is 4.90 Å². The van der Waals surface area contributed by atoms with E-state index in [4.69, 9.17) is 4.74 Å². The summed E-state index contributed by atoms with van der Waals surface area (Å²) in [5.41, 5.74) is 0. The van der Waals surface area contributed by atoms with Crippen LogP contribution in [0, 0.1) is 0 Å². The third-order valence-corrected chi connectivity index (χ3v) is 3.78. The third kappa shape index (κ3) is 4.47. The molecular weight excluding hydrogens is 246 g/mol.